The van der Waals surface area contributed by atoms with Crippen LogP contribution in [0.5, 0.6) is 0 Å². The molecule has 0 aromatic heterocycles. The quantitative estimate of drug-likeness (QED) is 0.706. The van der Waals surface area contributed by atoms with Gasteiger partial charge in [-0.2, -0.15) is 0 Å². The number of hydrogen-bond donors (Lipinski definition) is 1. The molecular weight excluding hydrogens is 176 g/mol. The summed E-state index contributed by atoms with van der Waals surface area (Å²) in [6, 6.07) is 0. The molecule has 0 amide bonds. The summed E-state index contributed by atoms with van der Waals surface area (Å²) in [6.07, 6.45) is 0.149. The number of ether oxygens (including phenoxy) is 1. The molecule has 0 heterocycles. The predicted molar refractivity (Wildman–Crippen MR) is 61.4 cm³/mol. The van der Waals surface area contributed by atoms with E-state index in [4.69, 9.17) is 10.5 Å². The van der Waals surface area contributed by atoms with Crippen molar-refractivity contribution in [1.29, 1.82) is 0 Å². The summed E-state index contributed by atoms with van der Waals surface area (Å²) in [5.74, 6) is 0.648. The van der Waals surface area contributed by atoms with Crippen molar-refractivity contribution < 1.29 is 4.74 Å². The lowest BCUT2D eigenvalue weighted by molar-refractivity contribution is -0.0234. The van der Waals surface area contributed by atoms with Crippen LogP contribution in [0.1, 0.15) is 27.7 Å². The van der Waals surface area contributed by atoms with E-state index in [1.165, 1.54) is 0 Å². The Kier molecular flexibility index (Phi) is 5.64. The fraction of sp³-hybridized carbons (Fsp3) is 1.00. The maximum Gasteiger partial charge on any atom is 0.0736 e. The summed E-state index contributed by atoms with van der Waals surface area (Å²) in [5, 5.41) is 0. The summed E-state index contributed by atoms with van der Waals surface area (Å²) >= 11 is 0. The number of rotatable bonds is 6. The summed E-state index contributed by atoms with van der Waals surface area (Å²) in [7, 11) is 3.85. The molecule has 0 radical (unpaired) electrons. The molecule has 0 aliphatic carbocycles. The number of methoxy groups -OCH3 is 1. The van der Waals surface area contributed by atoms with Gasteiger partial charge in [-0.3, -0.25) is 4.90 Å². The largest absolute Gasteiger partial charge is 0.380 e. The van der Waals surface area contributed by atoms with E-state index in [1.54, 1.807) is 7.11 Å². The highest BCUT2D eigenvalue weighted by molar-refractivity contribution is 4.91. The molecule has 0 rings (SSSR count). The monoisotopic (exact) mass is 202 g/mol. The molecule has 2 unspecified atom stereocenters. The van der Waals surface area contributed by atoms with E-state index in [2.05, 4.69) is 39.6 Å². The van der Waals surface area contributed by atoms with Gasteiger partial charge in [0.15, 0.2) is 0 Å². The minimum Gasteiger partial charge on any atom is -0.380 e. The van der Waals surface area contributed by atoms with Gasteiger partial charge in [0.2, 0.25) is 0 Å². The van der Waals surface area contributed by atoms with Crippen LogP contribution in [-0.4, -0.2) is 43.8 Å². The van der Waals surface area contributed by atoms with E-state index in [-0.39, 0.29) is 11.6 Å². The van der Waals surface area contributed by atoms with Crippen LogP contribution in [0.2, 0.25) is 0 Å². The molecule has 2 atom stereocenters. The van der Waals surface area contributed by atoms with Crippen LogP contribution in [0.3, 0.4) is 0 Å². The van der Waals surface area contributed by atoms with E-state index in [9.17, 15) is 0 Å². The molecule has 0 bridgehead atoms. The standard InChI is InChI=1S/C11H26N2O/c1-9(2)7-13(5)11(4,8-12)10(3)14-6/h9-10H,7-8,12H2,1-6H3. The molecule has 3 nitrogen and oxygen atoms in total. The number of likely N-dealkylation sites (N-methyl/N-ethyl adjacent to an activating group) is 1. The Hall–Kier alpha value is -0.120. The van der Waals surface area contributed by atoms with Gasteiger partial charge in [-0.15, -0.1) is 0 Å². The Morgan fingerprint density at radius 2 is 1.86 bits per heavy atom. The molecule has 0 aromatic carbocycles. The van der Waals surface area contributed by atoms with Gasteiger partial charge >= 0.3 is 0 Å². The molecule has 86 valence electrons. The van der Waals surface area contributed by atoms with Crippen LogP contribution < -0.4 is 5.73 Å². The molecular formula is C11H26N2O. The lowest BCUT2D eigenvalue weighted by Crippen LogP contribution is -2.58. The van der Waals surface area contributed by atoms with Crippen molar-refractivity contribution in [2.75, 3.05) is 27.2 Å². The third-order valence-electron chi connectivity index (χ3n) is 3.15. The van der Waals surface area contributed by atoms with Crippen LogP contribution in [-0.2, 0) is 4.74 Å². The zero-order valence-electron chi connectivity index (χ0n) is 10.5. The van der Waals surface area contributed by atoms with Gasteiger partial charge in [0.1, 0.15) is 0 Å². The molecule has 0 aliphatic rings. The maximum absolute atomic E-state index is 5.84. The molecule has 3 heteroatoms. The smallest absolute Gasteiger partial charge is 0.0736 e. The first-order chi connectivity index (χ1) is 6.38. The molecule has 0 aromatic rings. The highest BCUT2D eigenvalue weighted by atomic mass is 16.5. The molecule has 0 aliphatic heterocycles. The molecule has 0 saturated heterocycles. The van der Waals surface area contributed by atoms with Crippen LogP contribution in [0.25, 0.3) is 0 Å². The Balaban J connectivity index is 4.49. The van der Waals surface area contributed by atoms with Crippen molar-refractivity contribution >= 4 is 0 Å². The summed E-state index contributed by atoms with van der Waals surface area (Å²) < 4.78 is 5.39. The number of hydrogen-bond acceptors (Lipinski definition) is 3. The van der Waals surface area contributed by atoms with E-state index in [1.807, 2.05) is 0 Å². The Morgan fingerprint density at radius 1 is 1.36 bits per heavy atom. The van der Waals surface area contributed by atoms with Crippen molar-refractivity contribution in [2.24, 2.45) is 11.7 Å². The van der Waals surface area contributed by atoms with Crippen LogP contribution in [0.4, 0.5) is 0 Å². The first-order valence-corrected chi connectivity index (χ1v) is 5.32. The highest BCUT2D eigenvalue weighted by Gasteiger charge is 2.34. The average molecular weight is 202 g/mol. The van der Waals surface area contributed by atoms with Gasteiger partial charge in [-0.05, 0) is 26.8 Å². The molecule has 0 spiro atoms. The van der Waals surface area contributed by atoms with Crippen molar-refractivity contribution in [3.8, 4) is 0 Å². The molecule has 0 fully saturated rings. The topological polar surface area (TPSA) is 38.5 Å². The minimum atomic E-state index is -0.0704. The summed E-state index contributed by atoms with van der Waals surface area (Å²) in [5.41, 5.74) is 5.77. The summed E-state index contributed by atoms with van der Waals surface area (Å²) in [6.45, 7) is 10.3. The molecule has 0 saturated carbocycles. The van der Waals surface area contributed by atoms with Crippen molar-refractivity contribution in [3.05, 3.63) is 0 Å². The van der Waals surface area contributed by atoms with Crippen molar-refractivity contribution in [2.45, 2.75) is 39.3 Å². The minimum absolute atomic E-state index is 0.0704. The maximum atomic E-state index is 5.84. The Labute approximate surface area is 88.6 Å². The normalized spacial score (nSPS) is 18.6. The van der Waals surface area contributed by atoms with Gasteiger partial charge < -0.3 is 10.5 Å². The fourth-order valence-corrected chi connectivity index (χ4v) is 1.64. The lowest BCUT2D eigenvalue weighted by atomic mass is 9.93. The second-order valence-electron chi connectivity index (χ2n) is 4.71. The SMILES string of the molecule is COC(C)C(C)(CN)N(C)CC(C)C. The second kappa shape index (κ2) is 5.69. The summed E-state index contributed by atoms with van der Waals surface area (Å²) in [4.78, 5) is 2.30. The number of nitrogens with two attached hydrogens (primary N) is 1. The van der Waals surface area contributed by atoms with Crippen LogP contribution >= 0.6 is 0 Å². The average Bonchev–Trinajstić information content (AvgIpc) is 2.14. The Bertz CT molecular complexity index is 161. The van der Waals surface area contributed by atoms with Gasteiger partial charge in [-0.25, -0.2) is 0 Å². The van der Waals surface area contributed by atoms with Crippen molar-refractivity contribution in [3.63, 3.8) is 0 Å². The van der Waals surface area contributed by atoms with Gasteiger partial charge in [0, 0.05) is 20.2 Å². The fourth-order valence-electron chi connectivity index (χ4n) is 1.64. The van der Waals surface area contributed by atoms with E-state index in [0.717, 1.165) is 6.54 Å². The van der Waals surface area contributed by atoms with E-state index in [0.29, 0.717) is 12.5 Å². The van der Waals surface area contributed by atoms with E-state index >= 15 is 0 Å². The van der Waals surface area contributed by atoms with E-state index < -0.39 is 0 Å². The third kappa shape index (κ3) is 3.23. The molecule has 2 N–H and O–H groups in total. The second-order valence-corrected chi connectivity index (χ2v) is 4.71. The van der Waals surface area contributed by atoms with Crippen LogP contribution in [0, 0.1) is 5.92 Å². The first kappa shape index (κ1) is 13.9. The first-order valence-electron chi connectivity index (χ1n) is 5.32. The third-order valence-corrected chi connectivity index (χ3v) is 3.15. The van der Waals surface area contributed by atoms with Crippen molar-refractivity contribution in [1.82, 2.24) is 4.90 Å². The zero-order chi connectivity index (χ0) is 11.4. The molecule has 14 heavy (non-hydrogen) atoms. The highest BCUT2D eigenvalue weighted by Crippen LogP contribution is 2.20. The number of nitrogens with zero attached hydrogens (tertiary/aromatic N) is 1. The van der Waals surface area contributed by atoms with Gasteiger partial charge in [-0.1, -0.05) is 13.8 Å². The Morgan fingerprint density at radius 3 is 2.14 bits per heavy atom. The van der Waals surface area contributed by atoms with Crippen LogP contribution in [0.15, 0.2) is 0 Å². The predicted octanol–water partition coefficient (Wildman–Crippen LogP) is 1.33. The van der Waals surface area contributed by atoms with Gasteiger partial charge in [0.05, 0.1) is 11.6 Å². The van der Waals surface area contributed by atoms with Gasteiger partial charge in [0.25, 0.3) is 0 Å². The lowest BCUT2D eigenvalue weighted by Gasteiger charge is -2.42. The zero-order valence-corrected chi connectivity index (χ0v) is 10.5.